The molecule has 0 atom stereocenters. The van der Waals surface area contributed by atoms with Crippen molar-refractivity contribution in [2.24, 2.45) is 5.10 Å². The average Bonchev–Trinajstić information content (AvgIpc) is 2.85. The lowest BCUT2D eigenvalue weighted by molar-refractivity contribution is 0.0927. The third-order valence-corrected chi connectivity index (χ3v) is 2.20. The summed E-state index contributed by atoms with van der Waals surface area (Å²) in [5, 5.41) is 3.84. The van der Waals surface area contributed by atoms with Crippen LogP contribution in [0.2, 0.25) is 0 Å². The van der Waals surface area contributed by atoms with Crippen molar-refractivity contribution in [1.29, 1.82) is 0 Å². The first kappa shape index (κ1) is 11.1. The monoisotopic (exact) mass is 228 g/mol. The van der Waals surface area contributed by atoms with Crippen LogP contribution in [0.15, 0.2) is 52.2 Å². The maximum Gasteiger partial charge on any atom is 0.307 e. The second-order valence-corrected chi connectivity index (χ2v) is 3.59. The Balaban J connectivity index is 1.94. The molecule has 0 aliphatic carbocycles. The molecule has 0 unspecified atom stereocenters. The predicted octanol–water partition coefficient (Wildman–Crippen LogP) is 2.35. The first-order chi connectivity index (χ1) is 8.25. The van der Waals surface area contributed by atoms with Crippen LogP contribution in [0.1, 0.15) is 21.7 Å². The van der Waals surface area contributed by atoms with Gasteiger partial charge in [-0.25, -0.2) is 5.43 Å². The van der Waals surface area contributed by atoms with Crippen molar-refractivity contribution in [3.05, 3.63) is 59.5 Å². The van der Waals surface area contributed by atoms with Gasteiger partial charge in [0.1, 0.15) is 0 Å². The molecule has 0 spiro atoms. The van der Waals surface area contributed by atoms with Crippen LogP contribution in [0, 0.1) is 6.92 Å². The summed E-state index contributed by atoms with van der Waals surface area (Å²) in [7, 11) is 0. The fourth-order valence-corrected chi connectivity index (χ4v) is 1.28. The molecule has 86 valence electrons. The van der Waals surface area contributed by atoms with Gasteiger partial charge in [-0.15, -0.1) is 0 Å². The smallest absolute Gasteiger partial charge is 0.307 e. The van der Waals surface area contributed by atoms with Gasteiger partial charge in [0.25, 0.3) is 0 Å². The quantitative estimate of drug-likeness (QED) is 0.647. The lowest BCUT2D eigenvalue weighted by Crippen LogP contribution is -2.16. The molecule has 0 aliphatic heterocycles. The van der Waals surface area contributed by atoms with Crippen LogP contribution in [0.25, 0.3) is 0 Å². The van der Waals surface area contributed by atoms with Crippen molar-refractivity contribution < 1.29 is 9.21 Å². The molecule has 1 N–H and O–H groups in total. The predicted molar refractivity (Wildman–Crippen MR) is 64.9 cm³/mol. The van der Waals surface area contributed by atoms with Gasteiger partial charge in [0.15, 0.2) is 5.76 Å². The van der Waals surface area contributed by atoms with Gasteiger partial charge < -0.3 is 4.42 Å². The van der Waals surface area contributed by atoms with Crippen LogP contribution < -0.4 is 5.43 Å². The van der Waals surface area contributed by atoms with Gasteiger partial charge in [0, 0.05) is 0 Å². The van der Waals surface area contributed by atoms with Gasteiger partial charge in [-0.3, -0.25) is 4.79 Å². The number of aryl methyl sites for hydroxylation is 1. The van der Waals surface area contributed by atoms with E-state index in [1.54, 1.807) is 18.3 Å². The van der Waals surface area contributed by atoms with E-state index >= 15 is 0 Å². The van der Waals surface area contributed by atoms with Gasteiger partial charge in [-0.1, -0.05) is 29.8 Å². The van der Waals surface area contributed by atoms with Crippen molar-refractivity contribution in [3.63, 3.8) is 0 Å². The van der Waals surface area contributed by atoms with Crippen LogP contribution in [-0.2, 0) is 0 Å². The number of furan rings is 1. The molecule has 1 aromatic carbocycles. The molecule has 1 heterocycles. The summed E-state index contributed by atoms with van der Waals surface area (Å²) in [5.74, 6) is -0.121. The first-order valence-corrected chi connectivity index (χ1v) is 5.19. The Bertz CT molecular complexity index is 513. The van der Waals surface area contributed by atoms with Gasteiger partial charge >= 0.3 is 5.91 Å². The molecule has 0 fully saturated rings. The van der Waals surface area contributed by atoms with Crippen LogP contribution in [0.4, 0.5) is 0 Å². The number of carbonyl (C=O) groups is 1. The summed E-state index contributed by atoms with van der Waals surface area (Å²) in [6, 6.07) is 11.1. The maximum atomic E-state index is 11.4. The summed E-state index contributed by atoms with van der Waals surface area (Å²) in [6.07, 6.45) is 3.03. The number of hydrogen-bond donors (Lipinski definition) is 1. The molecule has 2 rings (SSSR count). The topological polar surface area (TPSA) is 54.6 Å². The molecule has 1 aromatic heterocycles. The number of nitrogens with one attached hydrogen (secondary N) is 1. The molecular weight excluding hydrogens is 216 g/mol. The average molecular weight is 228 g/mol. The second-order valence-electron chi connectivity index (χ2n) is 3.59. The number of hydrogen-bond acceptors (Lipinski definition) is 3. The molecule has 0 aliphatic rings. The molecule has 0 bridgehead atoms. The Hall–Kier alpha value is -2.36. The zero-order valence-electron chi connectivity index (χ0n) is 9.38. The highest BCUT2D eigenvalue weighted by Gasteiger charge is 2.05. The summed E-state index contributed by atoms with van der Waals surface area (Å²) < 4.78 is 4.93. The molecular formula is C13H12N2O2. The lowest BCUT2D eigenvalue weighted by atomic mass is 10.2. The Morgan fingerprint density at radius 3 is 2.71 bits per heavy atom. The summed E-state index contributed by atoms with van der Waals surface area (Å²) in [4.78, 5) is 11.4. The number of carbonyl (C=O) groups excluding carboxylic acids is 1. The highest BCUT2D eigenvalue weighted by molar-refractivity contribution is 5.92. The van der Waals surface area contributed by atoms with Crippen molar-refractivity contribution in [1.82, 2.24) is 5.43 Å². The van der Waals surface area contributed by atoms with Crippen molar-refractivity contribution in [3.8, 4) is 0 Å². The van der Waals surface area contributed by atoms with E-state index < -0.39 is 0 Å². The Kier molecular flexibility index (Phi) is 3.35. The van der Waals surface area contributed by atoms with E-state index in [9.17, 15) is 4.79 Å². The largest absolute Gasteiger partial charge is 0.459 e. The normalized spacial score (nSPS) is 10.6. The second kappa shape index (κ2) is 5.12. The highest BCUT2D eigenvalue weighted by Crippen LogP contribution is 2.01. The Morgan fingerprint density at radius 1 is 1.29 bits per heavy atom. The number of hydrazone groups is 1. The third-order valence-electron chi connectivity index (χ3n) is 2.20. The van der Waals surface area contributed by atoms with E-state index in [0.717, 1.165) is 5.56 Å². The minimum Gasteiger partial charge on any atom is -0.459 e. The van der Waals surface area contributed by atoms with Gasteiger partial charge in [-0.05, 0) is 24.6 Å². The molecule has 4 nitrogen and oxygen atoms in total. The van der Waals surface area contributed by atoms with Gasteiger partial charge in [0.05, 0.1) is 12.5 Å². The van der Waals surface area contributed by atoms with E-state index in [1.807, 2.05) is 31.2 Å². The Labute approximate surface area is 99.0 Å². The standard InChI is InChI=1S/C13H12N2O2/c1-10-4-6-11(7-5-10)9-14-15-13(16)12-3-2-8-17-12/h2-9H,1H3,(H,15,16)/b14-9-. The van der Waals surface area contributed by atoms with Crippen molar-refractivity contribution >= 4 is 12.1 Å². The molecule has 0 saturated carbocycles. The van der Waals surface area contributed by atoms with Gasteiger partial charge in [0.2, 0.25) is 0 Å². The third kappa shape index (κ3) is 3.04. The summed E-state index contributed by atoms with van der Waals surface area (Å²) in [6.45, 7) is 2.01. The minimum absolute atomic E-state index is 0.242. The Morgan fingerprint density at radius 2 is 2.06 bits per heavy atom. The van der Waals surface area contributed by atoms with Crippen LogP contribution in [-0.4, -0.2) is 12.1 Å². The first-order valence-electron chi connectivity index (χ1n) is 5.19. The van der Waals surface area contributed by atoms with Gasteiger partial charge in [-0.2, -0.15) is 5.10 Å². The van der Waals surface area contributed by atoms with Crippen molar-refractivity contribution in [2.75, 3.05) is 0 Å². The molecule has 2 aromatic rings. The number of rotatable bonds is 3. The fourth-order valence-electron chi connectivity index (χ4n) is 1.28. The number of nitrogens with zero attached hydrogens (tertiary/aromatic N) is 1. The SMILES string of the molecule is Cc1ccc(/C=N\NC(=O)c2ccco2)cc1. The lowest BCUT2D eigenvalue weighted by Gasteiger charge is -1.96. The van der Waals surface area contributed by atoms with E-state index in [4.69, 9.17) is 4.42 Å². The molecule has 17 heavy (non-hydrogen) atoms. The summed E-state index contributed by atoms with van der Waals surface area (Å²) >= 11 is 0. The van der Waals surface area contributed by atoms with Crippen LogP contribution >= 0.6 is 0 Å². The number of amides is 1. The zero-order valence-corrected chi connectivity index (χ0v) is 9.38. The maximum absolute atomic E-state index is 11.4. The minimum atomic E-state index is -0.363. The molecule has 1 amide bonds. The van der Waals surface area contributed by atoms with E-state index in [-0.39, 0.29) is 11.7 Å². The number of benzene rings is 1. The van der Waals surface area contributed by atoms with Crippen LogP contribution in [0.5, 0.6) is 0 Å². The summed E-state index contributed by atoms with van der Waals surface area (Å²) in [5.41, 5.74) is 4.49. The van der Waals surface area contributed by atoms with Crippen LogP contribution in [0.3, 0.4) is 0 Å². The molecule has 0 radical (unpaired) electrons. The fraction of sp³-hybridized carbons (Fsp3) is 0.0769. The molecule has 0 saturated heterocycles. The highest BCUT2D eigenvalue weighted by atomic mass is 16.3. The molecule has 4 heteroatoms. The zero-order chi connectivity index (χ0) is 12.1. The van der Waals surface area contributed by atoms with E-state index in [2.05, 4.69) is 10.5 Å². The van der Waals surface area contributed by atoms with Crippen molar-refractivity contribution in [2.45, 2.75) is 6.92 Å². The van der Waals surface area contributed by atoms with E-state index in [0.29, 0.717) is 0 Å². The van der Waals surface area contributed by atoms with E-state index in [1.165, 1.54) is 11.8 Å².